The van der Waals surface area contributed by atoms with E-state index in [0.717, 1.165) is 28.4 Å². The van der Waals surface area contributed by atoms with Gasteiger partial charge in [0.15, 0.2) is 0 Å². The van der Waals surface area contributed by atoms with E-state index in [2.05, 4.69) is 5.32 Å². The maximum absolute atomic E-state index is 13.4. The van der Waals surface area contributed by atoms with Gasteiger partial charge in [0.25, 0.3) is 10.0 Å². The van der Waals surface area contributed by atoms with Gasteiger partial charge in [-0.2, -0.15) is 0 Å². The third-order valence-electron chi connectivity index (χ3n) is 5.87. The van der Waals surface area contributed by atoms with Crippen molar-refractivity contribution in [3.8, 4) is 0 Å². The minimum absolute atomic E-state index is 0.0633. The number of likely N-dealkylation sites (tertiary alicyclic amines) is 1. The molecule has 0 spiro atoms. The van der Waals surface area contributed by atoms with Crippen molar-refractivity contribution in [1.82, 2.24) is 10.2 Å². The highest BCUT2D eigenvalue weighted by Gasteiger charge is 2.28. The third kappa shape index (κ3) is 5.83. The lowest BCUT2D eigenvalue weighted by Gasteiger charge is -2.25. The molecule has 2 amide bonds. The quantitative estimate of drug-likeness (QED) is 0.471. The number of sulfonamides is 1. The molecule has 1 aliphatic rings. The van der Waals surface area contributed by atoms with Crippen molar-refractivity contribution in [3.05, 3.63) is 95.0 Å². The molecule has 4 rings (SSSR count). The lowest BCUT2D eigenvalue weighted by atomic mass is 10.1. The number of para-hydroxylation sites is 1. The maximum Gasteiger partial charge on any atom is 0.264 e. The zero-order chi connectivity index (χ0) is 24.8. The third-order valence-corrected chi connectivity index (χ3v) is 7.96. The lowest BCUT2D eigenvalue weighted by Crippen LogP contribution is -2.41. The molecule has 182 valence electrons. The Labute approximate surface area is 210 Å². The fourth-order valence-electron chi connectivity index (χ4n) is 4.01. The molecular formula is C26H26ClN3O4S. The Kier molecular flexibility index (Phi) is 7.73. The second-order valence-electron chi connectivity index (χ2n) is 8.24. The van der Waals surface area contributed by atoms with Crippen LogP contribution >= 0.6 is 11.6 Å². The predicted molar refractivity (Wildman–Crippen MR) is 135 cm³/mol. The van der Waals surface area contributed by atoms with Crippen LogP contribution in [0.2, 0.25) is 5.02 Å². The molecule has 0 bridgehead atoms. The van der Waals surface area contributed by atoms with E-state index in [1.54, 1.807) is 42.5 Å². The van der Waals surface area contributed by atoms with E-state index in [0.29, 0.717) is 13.0 Å². The molecule has 3 aromatic carbocycles. The van der Waals surface area contributed by atoms with E-state index < -0.39 is 22.5 Å². The molecule has 0 atom stereocenters. The van der Waals surface area contributed by atoms with Crippen molar-refractivity contribution in [2.45, 2.75) is 30.8 Å². The monoisotopic (exact) mass is 511 g/mol. The summed E-state index contributed by atoms with van der Waals surface area (Å²) in [4.78, 5) is 26.9. The predicted octanol–water partition coefficient (Wildman–Crippen LogP) is 3.97. The fraction of sp³-hybridized carbons (Fsp3) is 0.231. The second-order valence-corrected chi connectivity index (χ2v) is 10.5. The Morgan fingerprint density at radius 2 is 1.60 bits per heavy atom. The average Bonchev–Trinajstić information content (AvgIpc) is 3.27. The Hall–Kier alpha value is -3.36. The first-order chi connectivity index (χ1) is 16.9. The molecule has 35 heavy (non-hydrogen) atoms. The fourth-order valence-corrected chi connectivity index (χ4v) is 5.76. The van der Waals surface area contributed by atoms with Crippen molar-refractivity contribution < 1.29 is 18.0 Å². The van der Waals surface area contributed by atoms with E-state index in [1.165, 1.54) is 12.1 Å². The molecular weight excluding hydrogens is 486 g/mol. The van der Waals surface area contributed by atoms with Gasteiger partial charge < -0.3 is 10.2 Å². The summed E-state index contributed by atoms with van der Waals surface area (Å²) in [6, 6.07) is 22.0. The molecule has 0 unspecified atom stereocenters. The highest BCUT2D eigenvalue weighted by molar-refractivity contribution is 7.92. The molecule has 9 heteroatoms. The zero-order valence-electron chi connectivity index (χ0n) is 19.1. The molecule has 0 radical (unpaired) electrons. The maximum atomic E-state index is 13.4. The minimum Gasteiger partial charge on any atom is -0.350 e. The van der Waals surface area contributed by atoms with Crippen molar-refractivity contribution >= 4 is 39.1 Å². The molecule has 1 N–H and O–H groups in total. The number of nitrogens with zero attached hydrogens (tertiary/aromatic N) is 2. The number of amides is 2. The first-order valence-electron chi connectivity index (χ1n) is 11.3. The van der Waals surface area contributed by atoms with Crippen LogP contribution in [0.25, 0.3) is 0 Å². The zero-order valence-corrected chi connectivity index (χ0v) is 20.6. The lowest BCUT2D eigenvalue weighted by molar-refractivity contribution is -0.128. The van der Waals surface area contributed by atoms with Gasteiger partial charge in [-0.05, 0) is 41.8 Å². The average molecular weight is 512 g/mol. The van der Waals surface area contributed by atoms with Crippen molar-refractivity contribution in [3.63, 3.8) is 0 Å². The number of rotatable bonds is 9. The van der Waals surface area contributed by atoms with Gasteiger partial charge in [0.2, 0.25) is 11.8 Å². The van der Waals surface area contributed by atoms with Crippen LogP contribution in [-0.2, 0) is 32.7 Å². The molecule has 0 aliphatic carbocycles. The van der Waals surface area contributed by atoms with Crippen LogP contribution < -0.4 is 9.62 Å². The normalized spacial score (nSPS) is 13.6. The molecule has 0 saturated carbocycles. The van der Waals surface area contributed by atoms with Gasteiger partial charge in [-0.15, -0.1) is 0 Å². The molecule has 0 aromatic heterocycles. The highest BCUT2D eigenvalue weighted by Crippen LogP contribution is 2.30. The number of hydrogen-bond acceptors (Lipinski definition) is 4. The summed E-state index contributed by atoms with van der Waals surface area (Å²) in [6.45, 7) is 0.981. The molecule has 1 fully saturated rings. The van der Waals surface area contributed by atoms with E-state index in [4.69, 9.17) is 11.6 Å². The van der Waals surface area contributed by atoms with Gasteiger partial charge in [-0.25, -0.2) is 8.42 Å². The number of halogens is 1. The summed E-state index contributed by atoms with van der Waals surface area (Å²) in [5, 5.41) is 3.05. The molecule has 1 heterocycles. The van der Waals surface area contributed by atoms with Crippen molar-refractivity contribution in [2.75, 3.05) is 17.4 Å². The molecule has 7 nitrogen and oxygen atoms in total. The smallest absolute Gasteiger partial charge is 0.264 e. The number of carbonyl (C=O) groups excluding carboxylic acids is 2. The SMILES string of the molecule is O=C(CN(c1ccccc1Cl)S(=O)(=O)c1ccccc1)NCc1ccccc1CN1CCCC1=O. The van der Waals surface area contributed by atoms with Gasteiger partial charge in [0.1, 0.15) is 6.54 Å². The number of anilines is 1. The summed E-state index contributed by atoms with van der Waals surface area (Å²) in [5.41, 5.74) is 2.04. The van der Waals surface area contributed by atoms with Crippen LogP contribution in [0, 0.1) is 0 Å². The first-order valence-corrected chi connectivity index (χ1v) is 13.1. The summed E-state index contributed by atoms with van der Waals surface area (Å²) >= 11 is 6.31. The summed E-state index contributed by atoms with van der Waals surface area (Å²) < 4.78 is 27.9. The summed E-state index contributed by atoms with van der Waals surface area (Å²) in [7, 11) is -4.04. The second kappa shape index (κ2) is 10.9. The van der Waals surface area contributed by atoms with Gasteiger partial charge in [0.05, 0.1) is 15.6 Å². The Morgan fingerprint density at radius 3 is 2.29 bits per heavy atom. The van der Waals surface area contributed by atoms with Crippen LogP contribution in [0.1, 0.15) is 24.0 Å². The minimum atomic E-state index is -4.04. The molecule has 1 saturated heterocycles. The van der Waals surface area contributed by atoms with Crippen molar-refractivity contribution in [1.29, 1.82) is 0 Å². The first kappa shape index (κ1) is 24.8. The van der Waals surface area contributed by atoms with Gasteiger partial charge >= 0.3 is 0 Å². The highest BCUT2D eigenvalue weighted by atomic mass is 35.5. The van der Waals surface area contributed by atoms with E-state index in [-0.39, 0.29) is 28.1 Å². The van der Waals surface area contributed by atoms with Crippen LogP contribution in [0.3, 0.4) is 0 Å². The van der Waals surface area contributed by atoms with Crippen LogP contribution in [-0.4, -0.2) is 38.2 Å². The van der Waals surface area contributed by atoms with E-state index in [9.17, 15) is 18.0 Å². The van der Waals surface area contributed by atoms with Gasteiger partial charge in [0, 0.05) is 26.1 Å². The van der Waals surface area contributed by atoms with Crippen LogP contribution in [0.15, 0.2) is 83.8 Å². The Morgan fingerprint density at radius 1 is 0.943 bits per heavy atom. The van der Waals surface area contributed by atoms with Crippen molar-refractivity contribution in [2.24, 2.45) is 0 Å². The number of nitrogens with one attached hydrogen (secondary N) is 1. The van der Waals surface area contributed by atoms with Gasteiger partial charge in [-0.1, -0.05) is 66.2 Å². The standard InChI is InChI=1S/C26H26ClN3O4S/c27-23-13-6-7-14-24(23)30(35(33,34)22-11-2-1-3-12-22)19-25(31)28-17-20-9-4-5-10-21(20)18-29-16-8-15-26(29)32/h1-7,9-14H,8,15-19H2,(H,28,31). The largest absolute Gasteiger partial charge is 0.350 e. The van der Waals surface area contributed by atoms with E-state index >= 15 is 0 Å². The van der Waals surface area contributed by atoms with E-state index in [1.807, 2.05) is 29.2 Å². The molecule has 3 aromatic rings. The Balaban J connectivity index is 1.52. The Bertz CT molecular complexity index is 1310. The van der Waals surface area contributed by atoms with Crippen LogP contribution in [0.5, 0.6) is 0 Å². The summed E-state index contributed by atoms with van der Waals surface area (Å²) in [6.07, 6.45) is 1.41. The number of carbonyl (C=O) groups is 2. The van der Waals surface area contributed by atoms with Gasteiger partial charge in [-0.3, -0.25) is 13.9 Å². The number of hydrogen-bond donors (Lipinski definition) is 1. The number of benzene rings is 3. The van der Waals surface area contributed by atoms with Crippen LogP contribution in [0.4, 0.5) is 5.69 Å². The summed E-state index contributed by atoms with van der Waals surface area (Å²) in [5.74, 6) is -0.346. The molecule has 1 aliphatic heterocycles. The topological polar surface area (TPSA) is 86.8 Å².